The lowest BCUT2D eigenvalue weighted by molar-refractivity contribution is 0.103. The number of hydrogen-bond donors (Lipinski definition) is 0. The molecule has 0 unspecified atom stereocenters. The van der Waals surface area contributed by atoms with Gasteiger partial charge in [0.1, 0.15) is 11.3 Å². The molecule has 0 amide bonds. The van der Waals surface area contributed by atoms with E-state index in [0.717, 1.165) is 4.74 Å². The Kier molecular flexibility index (Phi) is 4.11. The van der Waals surface area contributed by atoms with Crippen LogP contribution >= 0.6 is 23.2 Å². The fraction of sp³-hybridized carbons (Fsp3) is 0.0588. The van der Waals surface area contributed by atoms with Crippen molar-refractivity contribution >= 4 is 29.0 Å². The monoisotopic (exact) mass is 347 g/mol. The lowest BCUT2D eigenvalue weighted by Crippen LogP contribution is -2.20. The van der Waals surface area contributed by atoms with Crippen LogP contribution in [0.3, 0.4) is 0 Å². The zero-order valence-electron chi connectivity index (χ0n) is 12.0. The van der Waals surface area contributed by atoms with Crippen molar-refractivity contribution in [3.63, 3.8) is 0 Å². The third kappa shape index (κ3) is 2.83. The summed E-state index contributed by atoms with van der Waals surface area (Å²) in [5.74, 6) is -0.262. The third-order valence-electron chi connectivity index (χ3n) is 3.37. The molecule has 1 aromatic heterocycles. The zero-order valence-corrected chi connectivity index (χ0v) is 13.6. The van der Waals surface area contributed by atoms with Crippen LogP contribution in [0.1, 0.15) is 21.7 Å². The van der Waals surface area contributed by atoms with Crippen molar-refractivity contribution in [1.29, 1.82) is 0 Å². The highest BCUT2D eigenvalue weighted by Crippen LogP contribution is 2.24. The Morgan fingerprint density at radius 3 is 2.43 bits per heavy atom. The Balaban J connectivity index is 2.12. The SMILES string of the molecule is Cc1on(-c2ccccc2)c(=O)c1C(=O)c1ccc(Cl)cc1Cl. The van der Waals surface area contributed by atoms with Gasteiger partial charge in [0.2, 0.25) is 5.78 Å². The first-order valence-electron chi connectivity index (χ1n) is 6.77. The molecular weight excluding hydrogens is 337 g/mol. The quantitative estimate of drug-likeness (QED) is 0.664. The van der Waals surface area contributed by atoms with Crippen molar-refractivity contribution in [3.05, 3.63) is 85.8 Å². The first-order valence-corrected chi connectivity index (χ1v) is 7.52. The van der Waals surface area contributed by atoms with Gasteiger partial charge in [-0.05, 0) is 37.3 Å². The Morgan fingerprint density at radius 2 is 1.78 bits per heavy atom. The molecule has 0 aliphatic carbocycles. The molecule has 3 rings (SSSR count). The number of benzene rings is 2. The van der Waals surface area contributed by atoms with Crippen molar-refractivity contribution in [2.75, 3.05) is 0 Å². The summed E-state index contributed by atoms with van der Waals surface area (Å²) in [7, 11) is 0. The van der Waals surface area contributed by atoms with E-state index in [1.54, 1.807) is 37.3 Å². The summed E-state index contributed by atoms with van der Waals surface area (Å²) in [5.41, 5.74) is 0.182. The maximum absolute atomic E-state index is 12.7. The minimum Gasteiger partial charge on any atom is -0.375 e. The fourth-order valence-corrected chi connectivity index (χ4v) is 2.77. The van der Waals surface area contributed by atoms with E-state index in [2.05, 4.69) is 0 Å². The lowest BCUT2D eigenvalue weighted by Gasteiger charge is -2.01. The molecule has 0 bridgehead atoms. The smallest absolute Gasteiger partial charge is 0.298 e. The molecule has 0 atom stereocenters. The van der Waals surface area contributed by atoms with Crippen LogP contribution in [0.25, 0.3) is 5.69 Å². The minimum absolute atomic E-state index is 0.0434. The molecule has 116 valence electrons. The lowest BCUT2D eigenvalue weighted by atomic mass is 10.0. The van der Waals surface area contributed by atoms with Gasteiger partial charge < -0.3 is 4.52 Å². The van der Waals surface area contributed by atoms with Crippen LogP contribution in [-0.2, 0) is 0 Å². The van der Waals surface area contributed by atoms with E-state index in [-0.39, 0.29) is 21.9 Å². The van der Waals surface area contributed by atoms with E-state index >= 15 is 0 Å². The van der Waals surface area contributed by atoms with E-state index in [1.807, 2.05) is 6.07 Å². The molecule has 0 saturated heterocycles. The molecule has 0 saturated carbocycles. The first kappa shape index (κ1) is 15.6. The molecule has 2 aromatic carbocycles. The first-order chi connectivity index (χ1) is 11.0. The summed E-state index contributed by atoms with van der Waals surface area (Å²) in [5, 5.41) is 0.603. The summed E-state index contributed by atoms with van der Waals surface area (Å²) >= 11 is 11.9. The number of hydrogen-bond acceptors (Lipinski definition) is 3. The van der Waals surface area contributed by atoms with Crippen LogP contribution in [0, 0.1) is 6.92 Å². The maximum Gasteiger partial charge on any atom is 0.298 e. The van der Waals surface area contributed by atoms with Crippen LogP contribution in [0.4, 0.5) is 0 Å². The average Bonchev–Trinajstić information content (AvgIpc) is 2.82. The summed E-state index contributed by atoms with van der Waals surface area (Å²) in [6.45, 7) is 1.57. The van der Waals surface area contributed by atoms with Crippen LogP contribution < -0.4 is 5.56 Å². The van der Waals surface area contributed by atoms with Gasteiger partial charge in [0.25, 0.3) is 5.56 Å². The summed E-state index contributed by atoms with van der Waals surface area (Å²) < 4.78 is 6.54. The largest absolute Gasteiger partial charge is 0.375 e. The van der Waals surface area contributed by atoms with Crippen molar-refractivity contribution in [2.45, 2.75) is 6.92 Å². The summed E-state index contributed by atoms with van der Waals surface area (Å²) in [4.78, 5) is 25.2. The van der Waals surface area contributed by atoms with Crippen molar-refractivity contribution in [1.82, 2.24) is 4.74 Å². The number of para-hydroxylation sites is 1. The van der Waals surface area contributed by atoms with Gasteiger partial charge in [-0.2, -0.15) is 0 Å². The number of rotatable bonds is 3. The molecular formula is C17H11Cl2NO3. The van der Waals surface area contributed by atoms with E-state index < -0.39 is 11.3 Å². The molecule has 0 fully saturated rings. The zero-order chi connectivity index (χ0) is 16.6. The molecule has 0 aliphatic rings. The molecule has 0 spiro atoms. The number of halogens is 2. The van der Waals surface area contributed by atoms with Crippen LogP contribution in [0.5, 0.6) is 0 Å². The van der Waals surface area contributed by atoms with E-state index in [0.29, 0.717) is 10.7 Å². The molecule has 1 heterocycles. The standard InChI is InChI=1S/C17H11Cl2NO3/c1-10-15(16(21)13-8-7-11(18)9-14(13)19)17(22)20(23-10)12-5-3-2-4-6-12/h2-9H,1H3. The third-order valence-corrected chi connectivity index (χ3v) is 3.92. The predicted octanol–water partition coefficient (Wildman–Crippen LogP) is 4.28. The summed E-state index contributed by atoms with van der Waals surface area (Å²) in [6, 6.07) is 13.3. The Morgan fingerprint density at radius 1 is 1.09 bits per heavy atom. The van der Waals surface area contributed by atoms with E-state index in [9.17, 15) is 9.59 Å². The average molecular weight is 348 g/mol. The summed E-state index contributed by atoms with van der Waals surface area (Å²) in [6.07, 6.45) is 0. The number of carbonyl (C=O) groups is 1. The second kappa shape index (κ2) is 6.07. The van der Waals surface area contributed by atoms with Crippen LogP contribution in [0.15, 0.2) is 57.8 Å². The Bertz CT molecular complexity index is 942. The Labute approximate surface area is 141 Å². The second-order valence-corrected chi connectivity index (χ2v) is 5.75. The highest BCUT2D eigenvalue weighted by Gasteiger charge is 2.24. The van der Waals surface area contributed by atoms with Gasteiger partial charge in [0.15, 0.2) is 0 Å². The highest BCUT2D eigenvalue weighted by molar-refractivity contribution is 6.37. The molecule has 0 aliphatic heterocycles. The molecule has 23 heavy (non-hydrogen) atoms. The number of nitrogens with zero attached hydrogens (tertiary/aromatic N) is 1. The minimum atomic E-state index is -0.523. The van der Waals surface area contributed by atoms with E-state index in [4.69, 9.17) is 27.7 Å². The van der Waals surface area contributed by atoms with Gasteiger partial charge >= 0.3 is 0 Å². The molecule has 3 aromatic rings. The van der Waals surface area contributed by atoms with Gasteiger partial charge in [-0.15, -0.1) is 4.74 Å². The number of carbonyl (C=O) groups excluding carboxylic acids is 1. The molecule has 0 radical (unpaired) electrons. The van der Waals surface area contributed by atoms with Crippen molar-refractivity contribution < 1.29 is 9.32 Å². The predicted molar refractivity (Wildman–Crippen MR) is 88.9 cm³/mol. The van der Waals surface area contributed by atoms with Gasteiger partial charge in [0, 0.05) is 10.6 Å². The number of ketones is 1. The maximum atomic E-state index is 12.7. The normalized spacial score (nSPS) is 10.7. The molecule has 0 N–H and O–H groups in total. The van der Waals surface area contributed by atoms with Crippen molar-refractivity contribution in [2.24, 2.45) is 0 Å². The van der Waals surface area contributed by atoms with Crippen molar-refractivity contribution in [3.8, 4) is 5.69 Å². The number of aryl methyl sites for hydroxylation is 1. The van der Waals surface area contributed by atoms with Crippen LogP contribution in [0.2, 0.25) is 10.0 Å². The fourth-order valence-electron chi connectivity index (χ4n) is 2.27. The van der Waals surface area contributed by atoms with Crippen LogP contribution in [-0.4, -0.2) is 10.5 Å². The molecule has 4 nitrogen and oxygen atoms in total. The molecule has 6 heteroatoms. The van der Waals surface area contributed by atoms with E-state index in [1.165, 1.54) is 12.1 Å². The van der Waals surface area contributed by atoms with Gasteiger partial charge in [-0.1, -0.05) is 41.4 Å². The van der Waals surface area contributed by atoms with Gasteiger partial charge in [-0.3, -0.25) is 9.59 Å². The Hall–Kier alpha value is -2.30. The van der Waals surface area contributed by atoms with Gasteiger partial charge in [-0.25, -0.2) is 0 Å². The topological polar surface area (TPSA) is 52.2 Å². The highest BCUT2D eigenvalue weighted by atomic mass is 35.5. The number of aromatic nitrogens is 1. The van der Waals surface area contributed by atoms with Gasteiger partial charge in [0.05, 0.1) is 10.7 Å². The second-order valence-electron chi connectivity index (χ2n) is 4.91.